The van der Waals surface area contributed by atoms with Gasteiger partial charge in [0.05, 0.1) is 0 Å². The van der Waals surface area contributed by atoms with Gasteiger partial charge in [0.2, 0.25) is 0 Å². The molecule has 0 aliphatic heterocycles. The Morgan fingerprint density at radius 2 is 2.00 bits per heavy atom. The fraction of sp³-hybridized carbons (Fsp3) is 0.556. The molecule has 0 saturated carbocycles. The zero-order valence-electron chi connectivity index (χ0n) is 6.86. The van der Waals surface area contributed by atoms with E-state index in [4.69, 9.17) is 0 Å². The molecule has 0 spiro atoms. The molecule has 0 aromatic carbocycles. The van der Waals surface area contributed by atoms with Crippen LogP contribution in [0.1, 0.15) is 27.2 Å². The zero-order chi connectivity index (χ0) is 7.78. The van der Waals surface area contributed by atoms with Crippen LogP contribution in [0.4, 0.5) is 0 Å². The van der Waals surface area contributed by atoms with Crippen LogP contribution in [0.5, 0.6) is 0 Å². The van der Waals surface area contributed by atoms with Gasteiger partial charge in [-0.05, 0) is 0 Å². The van der Waals surface area contributed by atoms with Gasteiger partial charge < -0.3 is 0 Å². The van der Waals surface area contributed by atoms with Crippen LogP contribution < -0.4 is 0 Å². The average molecular weight is 261 g/mol. The van der Waals surface area contributed by atoms with E-state index >= 15 is 0 Å². The molecule has 0 aromatic rings. The van der Waals surface area contributed by atoms with Crippen molar-refractivity contribution in [2.75, 3.05) is 0 Å². The minimum atomic E-state index is 0.379. The van der Waals surface area contributed by atoms with Crippen LogP contribution >= 0.6 is 0 Å². The van der Waals surface area contributed by atoms with Gasteiger partial charge in [-0.15, -0.1) is 0 Å². The van der Waals surface area contributed by atoms with Crippen molar-refractivity contribution < 1.29 is 39.6 Å². The summed E-state index contributed by atoms with van der Waals surface area (Å²) in [7, 11) is 0. The molecule has 0 radical (unpaired) electrons. The second-order valence-corrected chi connectivity index (χ2v) is 5.64. The summed E-state index contributed by atoms with van der Waals surface area (Å²) in [6.07, 6.45) is 5.80. The molecule has 0 N–H and O–H groups in total. The topological polar surface area (TPSA) is 0 Å². The van der Waals surface area contributed by atoms with Gasteiger partial charge in [-0.3, -0.25) is 0 Å². The number of hydrogen-bond donors (Lipinski definition) is 0. The summed E-state index contributed by atoms with van der Waals surface area (Å²) < 4.78 is 1.67. The Kier molecular flexibility index (Phi) is 2.75. The summed E-state index contributed by atoms with van der Waals surface area (Å²) in [5.41, 5.74) is 1.96. The van der Waals surface area contributed by atoms with E-state index in [1.165, 1.54) is 46.1 Å². The van der Waals surface area contributed by atoms with Crippen LogP contribution in [0.3, 0.4) is 0 Å². The first-order chi connectivity index (χ1) is 4.52. The summed E-state index contributed by atoms with van der Waals surface area (Å²) in [6.45, 7) is 6.86. The molecular weight excluding hydrogens is 248 g/mol. The fourth-order valence-electron chi connectivity index (χ4n) is 1.21. The van der Waals surface area contributed by atoms with Gasteiger partial charge in [-0.1, -0.05) is 0 Å². The van der Waals surface area contributed by atoms with E-state index in [1.54, 1.807) is 6.66 Å². The van der Waals surface area contributed by atoms with E-state index < -0.39 is 0 Å². The van der Waals surface area contributed by atoms with Crippen molar-refractivity contribution in [2.45, 2.75) is 27.2 Å². The molecule has 10 heavy (non-hydrogen) atoms. The third kappa shape index (κ3) is 1.92. The van der Waals surface area contributed by atoms with Gasteiger partial charge in [0.15, 0.2) is 0 Å². The fourth-order valence-corrected chi connectivity index (χ4v) is 3.02. The van der Waals surface area contributed by atoms with Gasteiger partial charge in [-0.2, -0.15) is 0 Å². The van der Waals surface area contributed by atoms with Gasteiger partial charge in [-0.25, -0.2) is 0 Å². The number of rotatable bonds is 0. The molecule has 0 saturated heterocycles. The maximum absolute atomic E-state index is 2.29. The van der Waals surface area contributed by atoms with Crippen LogP contribution in [0.25, 0.3) is 0 Å². The van der Waals surface area contributed by atoms with E-state index in [9.17, 15) is 0 Å². The standard InChI is InChI=1S/C9H13.Ce/c1-9(2,3)8-6-4-5-7-8;/h4,6H,5H2,1-3H3;. The SMILES string of the molecule is CC(C)(C)C1=[C]([Ce])CC=C1. The molecule has 0 atom stereocenters. The van der Waals surface area contributed by atoms with Crippen LogP contribution in [0.2, 0.25) is 0 Å². The second kappa shape index (κ2) is 3.07. The zero-order valence-corrected chi connectivity index (χ0v) is 10.0. The Balaban J connectivity index is 2.91. The van der Waals surface area contributed by atoms with Crippen LogP contribution in [0, 0.1) is 45.1 Å². The summed E-state index contributed by atoms with van der Waals surface area (Å²) in [5.74, 6) is 0. The van der Waals surface area contributed by atoms with Crippen molar-refractivity contribution in [3.63, 3.8) is 0 Å². The first-order valence-electron chi connectivity index (χ1n) is 3.63. The molecule has 1 aliphatic rings. The van der Waals surface area contributed by atoms with Crippen molar-refractivity contribution >= 4 is 0 Å². The van der Waals surface area contributed by atoms with Crippen LogP contribution in [-0.4, -0.2) is 0 Å². The molecule has 0 bridgehead atoms. The summed E-state index contributed by atoms with van der Waals surface area (Å²) >= 11 is 1.23. The molecule has 1 rings (SSSR count). The molecule has 0 amide bonds. The molecule has 1 heteroatoms. The van der Waals surface area contributed by atoms with Gasteiger partial charge >= 0.3 is 91.1 Å². The van der Waals surface area contributed by atoms with E-state index in [2.05, 4.69) is 32.9 Å². The van der Waals surface area contributed by atoms with E-state index in [0.717, 1.165) is 0 Å². The number of hydrogen-bond acceptors (Lipinski definition) is 0. The summed E-state index contributed by atoms with van der Waals surface area (Å²) in [6, 6.07) is 0. The maximum atomic E-state index is 2.29. The first kappa shape index (κ1) is 8.95. The second-order valence-electron chi connectivity index (χ2n) is 3.75. The van der Waals surface area contributed by atoms with Gasteiger partial charge in [0.1, 0.15) is 0 Å². The van der Waals surface area contributed by atoms with Gasteiger partial charge in [0.25, 0.3) is 0 Å². The van der Waals surface area contributed by atoms with Crippen LogP contribution in [0.15, 0.2) is 18.8 Å². The molecule has 0 aromatic heterocycles. The van der Waals surface area contributed by atoms with Crippen molar-refractivity contribution in [3.8, 4) is 0 Å². The normalized spacial score (nSPS) is 18.6. The van der Waals surface area contributed by atoms with Crippen molar-refractivity contribution in [1.82, 2.24) is 0 Å². The third-order valence-corrected chi connectivity index (χ3v) is 3.23. The van der Waals surface area contributed by atoms with Crippen molar-refractivity contribution in [3.05, 3.63) is 18.8 Å². The summed E-state index contributed by atoms with van der Waals surface area (Å²) in [5, 5.41) is 0. The van der Waals surface area contributed by atoms with E-state index in [0.29, 0.717) is 5.41 Å². The van der Waals surface area contributed by atoms with Gasteiger partial charge in [0, 0.05) is 0 Å². The molecule has 1 aliphatic carbocycles. The van der Waals surface area contributed by atoms with Crippen molar-refractivity contribution in [1.29, 1.82) is 0 Å². The molecule has 53 valence electrons. The Morgan fingerprint density at radius 1 is 1.40 bits per heavy atom. The van der Waals surface area contributed by atoms with E-state index in [1.807, 2.05) is 0 Å². The Labute approximate surface area is 90.1 Å². The first-order valence-corrected chi connectivity index (χ1v) is 5.20. The molecular formula is C9H13Ce. The average Bonchev–Trinajstić information content (AvgIpc) is 2.11. The quantitative estimate of drug-likeness (QED) is 0.629. The van der Waals surface area contributed by atoms with Crippen molar-refractivity contribution in [2.24, 2.45) is 5.41 Å². The van der Waals surface area contributed by atoms with Crippen LogP contribution in [-0.2, 0) is 0 Å². The molecule has 0 unspecified atom stereocenters. The Morgan fingerprint density at radius 3 is 2.20 bits per heavy atom. The summed E-state index contributed by atoms with van der Waals surface area (Å²) in [4.78, 5) is 0. The Bertz CT molecular complexity index is 191. The third-order valence-electron chi connectivity index (χ3n) is 1.74. The van der Waals surface area contributed by atoms with E-state index in [-0.39, 0.29) is 0 Å². The number of allylic oxidation sites excluding steroid dienone is 4. The molecule has 0 nitrogen and oxygen atoms in total. The monoisotopic (exact) mass is 261 g/mol. The molecule has 0 heterocycles. The predicted octanol–water partition coefficient (Wildman–Crippen LogP) is 2.80. The molecule has 0 fully saturated rings. The predicted molar refractivity (Wildman–Crippen MR) is 40.2 cm³/mol. The minimum absolute atomic E-state index is 0.379. The Hall–Kier alpha value is 0.857.